The van der Waals surface area contributed by atoms with Gasteiger partial charge in [0.05, 0.1) is 25.4 Å². The molecule has 4 atom stereocenters. The van der Waals surface area contributed by atoms with E-state index in [1.807, 2.05) is 0 Å². The van der Waals surface area contributed by atoms with Crippen molar-refractivity contribution in [1.29, 1.82) is 0 Å². The zero-order valence-corrected chi connectivity index (χ0v) is 9.49. The van der Waals surface area contributed by atoms with Gasteiger partial charge in [-0.3, -0.25) is 0 Å². The van der Waals surface area contributed by atoms with Crippen LogP contribution in [-0.4, -0.2) is 25.4 Å². The van der Waals surface area contributed by atoms with E-state index in [0.717, 1.165) is 25.0 Å². The van der Waals surface area contributed by atoms with Gasteiger partial charge in [-0.05, 0) is 24.7 Å². The van der Waals surface area contributed by atoms with Gasteiger partial charge >= 0.3 is 0 Å². The molecule has 88 valence electrons. The monoisotopic (exact) mass is 213 g/mol. The van der Waals surface area contributed by atoms with Crippen LogP contribution < -0.4 is 6.15 Å². The third-order valence-corrected chi connectivity index (χ3v) is 4.00. The fourth-order valence-corrected chi connectivity index (χ4v) is 2.99. The molecule has 0 aromatic carbocycles. The third kappa shape index (κ3) is 3.16. The molecule has 2 aliphatic heterocycles. The molecule has 0 aromatic rings. The lowest BCUT2D eigenvalue weighted by molar-refractivity contribution is 0.181. The van der Waals surface area contributed by atoms with Crippen LogP contribution in [0.4, 0.5) is 0 Å². The number of hydrogen-bond acceptors (Lipinski definition) is 3. The van der Waals surface area contributed by atoms with Gasteiger partial charge in [-0.15, -0.1) is 0 Å². The molecular weight excluding hydrogens is 190 g/mol. The number of ether oxygens (including phenoxy) is 2. The summed E-state index contributed by atoms with van der Waals surface area (Å²) in [6.07, 6.45) is 9.68. The van der Waals surface area contributed by atoms with E-state index >= 15 is 0 Å². The Morgan fingerprint density at radius 2 is 1.20 bits per heavy atom. The second kappa shape index (κ2) is 4.81. The summed E-state index contributed by atoms with van der Waals surface area (Å²) in [5.74, 6) is 1.89. The Kier molecular flexibility index (Phi) is 3.65. The highest BCUT2D eigenvalue weighted by Crippen LogP contribution is 2.39. The van der Waals surface area contributed by atoms with Crippen molar-refractivity contribution in [2.75, 3.05) is 13.2 Å². The molecule has 3 N–H and O–H groups in total. The van der Waals surface area contributed by atoms with Gasteiger partial charge in [0, 0.05) is 0 Å². The van der Waals surface area contributed by atoms with E-state index in [1.54, 1.807) is 0 Å². The lowest BCUT2D eigenvalue weighted by atomic mass is 9.75. The molecule has 3 heteroatoms. The van der Waals surface area contributed by atoms with Crippen molar-refractivity contribution >= 4 is 0 Å². The van der Waals surface area contributed by atoms with Gasteiger partial charge in [0.25, 0.3) is 0 Å². The molecule has 0 radical (unpaired) electrons. The van der Waals surface area contributed by atoms with Gasteiger partial charge in [-0.2, -0.15) is 0 Å². The van der Waals surface area contributed by atoms with Crippen molar-refractivity contribution in [2.45, 2.75) is 50.7 Å². The predicted molar refractivity (Wildman–Crippen MR) is 59.2 cm³/mol. The van der Waals surface area contributed by atoms with Crippen LogP contribution in [0, 0.1) is 11.8 Å². The third-order valence-electron chi connectivity index (χ3n) is 4.00. The molecule has 0 spiro atoms. The zero-order chi connectivity index (χ0) is 9.38. The van der Waals surface area contributed by atoms with Crippen molar-refractivity contribution in [3.8, 4) is 0 Å². The molecule has 4 unspecified atom stereocenters. The second-order valence-corrected chi connectivity index (χ2v) is 5.19. The molecule has 15 heavy (non-hydrogen) atoms. The zero-order valence-electron chi connectivity index (χ0n) is 9.49. The van der Waals surface area contributed by atoms with Gasteiger partial charge in [-0.25, -0.2) is 0 Å². The fraction of sp³-hybridized carbons (Fsp3) is 1.00. The van der Waals surface area contributed by atoms with Crippen LogP contribution in [-0.2, 0) is 9.47 Å². The highest BCUT2D eigenvalue weighted by molar-refractivity contribution is 4.85. The number of epoxide rings is 2. The highest BCUT2D eigenvalue weighted by Gasteiger charge is 2.36. The van der Waals surface area contributed by atoms with E-state index in [9.17, 15) is 0 Å². The smallest absolute Gasteiger partial charge is 0.0812 e. The predicted octanol–water partition coefficient (Wildman–Crippen LogP) is 2.53. The average molecular weight is 213 g/mol. The first-order valence-electron chi connectivity index (χ1n) is 6.15. The minimum atomic E-state index is 0. The Morgan fingerprint density at radius 1 is 0.800 bits per heavy atom. The number of rotatable bonds is 4. The van der Waals surface area contributed by atoms with Crippen LogP contribution in [0.1, 0.15) is 38.5 Å². The molecule has 0 bridgehead atoms. The molecular formula is C12H23NO2. The maximum atomic E-state index is 5.35. The van der Waals surface area contributed by atoms with Gasteiger partial charge in [-0.1, -0.05) is 25.7 Å². The Labute approximate surface area is 92.1 Å². The molecule has 3 fully saturated rings. The lowest BCUT2D eigenvalue weighted by Gasteiger charge is -2.30. The first kappa shape index (κ1) is 11.4. The second-order valence-electron chi connectivity index (χ2n) is 5.19. The summed E-state index contributed by atoms with van der Waals surface area (Å²) in [5.41, 5.74) is 0. The topological polar surface area (TPSA) is 60.1 Å². The highest BCUT2D eigenvalue weighted by atomic mass is 16.6. The van der Waals surface area contributed by atoms with Gasteiger partial charge in [0.15, 0.2) is 0 Å². The first-order chi connectivity index (χ1) is 6.92. The Bertz CT molecular complexity index is 180. The first-order valence-corrected chi connectivity index (χ1v) is 6.15. The summed E-state index contributed by atoms with van der Waals surface area (Å²) in [7, 11) is 0. The van der Waals surface area contributed by atoms with E-state index in [-0.39, 0.29) is 6.15 Å². The summed E-state index contributed by atoms with van der Waals surface area (Å²) in [6.45, 7) is 2.06. The summed E-state index contributed by atoms with van der Waals surface area (Å²) >= 11 is 0. The van der Waals surface area contributed by atoms with E-state index in [2.05, 4.69) is 0 Å². The fourth-order valence-electron chi connectivity index (χ4n) is 2.99. The van der Waals surface area contributed by atoms with Crippen molar-refractivity contribution in [2.24, 2.45) is 11.8 Å². The average Bonchev–Trinajstić information content (AvgIpc) is 3.01. The van der Waals surface area contributed by atoms with Crippen molar-refractivity contribution < 1.29 is 9.47 Å². The van der Waals surface area contributed by atoms with Gasteiger partial charge in [0.1, 0.15) is 0 Å². The van der Waals surface area contributed by atoms with E-state index < -0.39 is 0 Å². The van der Waals surface area contributed by atoms with Crippen LogP contribution >= 0.6 is 0 Å². The largest absolute Gasteiger partial charge is 0.373 e. The lowest BCUT2D eigenvalue weighted by Crippen LogP contribution is -2.22. The number of hydrogen-bond donors (Lipinski definition) is 1. The van der Waals surface area contributed by atoms with Crippen molar-refractivity contribution in [3.05, 3.63) is 0 Å². The maximum Gasteiger partial charge on any atom is 0.0812 e. The van der Waals surface area contributed by atoms with E-state index in [1.165, 1.54) is 38.5 Å². The molecule has 0 aromatic heterocycles. The van der Waals surface area contributed by atoms with Crippen molar-refractivity contribution in [1.82, 2.24) is 6.15 Å². The quantitative estimate of drug-likeness (QED) is 0.730. The minimum absolute atomic E-state index is 0. The summed E-state index contributed by atoms with van der Waals surface area (Å²) in [5, 5.41) is 0. The standard InChI is InChI=1S/C12H20O2.H3N/c1-2-4-10(6-12-8-14-12)9(3-1)5-11-7-13-11;/h9-12H,1-8H2;1H3. The summed E-state index contributed by atoms with van der Waals surface area (Å²) < 4.78 is 10.7. The van der Waals surface area contributed by atoms with Gasteiger partial charge < -0.3 is 15.6 Å². The van der Waals surface area contributed by atoms with Gasteiger partial charge in [0.2, 0.25) is 0 Å². The minimum Gasteiger partial charge on any atom is -0.373 e. The molecule has 3 nitrogen and oxygen atoms in total. The molecule has 1 aliphatic carbocycles. The van der Waals surface area contributed by atoms with Crippen LogP contribution in [0.5, 0.6) is 0 Å². The van der Waals surface area contributed by atoms with E-state index in [0.29, 0.717) is 12.2 Å². The molecule has 3 aliphatic rings. The van der Waals surface area contributed by atoms with Crippen LogP contribution in [0.2, 0.25) is 0 Å². The molecule has 0 amide bonds. The van der Waals surface area contributed by atoms with Crippen molar-refractivity contribution in [3.63, 3.8) is 0 Å². The Balaban J connectivity index is 0.000000853. The molecule has 1 saturated carbocycles. The molecule has 2 heterocycles. The SMILES string of the molecule is C1CCC(CC2CO2)C(CC2CO2)C1.N. The van der Waals surface area contributed by atoms with Crippen LogP contribution in [0.25, 0.3) is 0 Å². The maximum absolute atomic E-state index is 5.35. The molecule has 2 saturated heterocycles. The summed E-state index contributed by atoms with van der Waals surface area (Å²) in [4.78, 5) is 0. The van der Waals surface area contributed by atoms with Crippen LogP contribution in [0.3, 0.4) is 0 Å². The van der Waals surface area contributed by atoms with E-state index in [4.69, 9.17) is 9.47 Å². The molecule has 3 rings (SSSR count). The Hall–Kier alpha value is -0.120. The normalized spacial score (nSPS) is 43.2. The Morgan fingerprint density at radius 3 is 1.53 bits per heavy atom. The summed E-state index contributed by atoms with van der Waals surface area (Å²) in [6, 6.07) is 0. The van der Waals surface area contributed by atoms with Crippen LogP contribution in [0.15, 0.2) is 0 Å².